The zero-order chi connectivity index (χ0) is 27.9. The minimum atomic E-state index is 0.910. The van der Waals surface area contributed by atoms with Crippen molar-refractivity contribution in [1.29, 1.82) is 0 Å². The molecular formula is C40H27NO. The minimum absolute atomic E-state index is 0.910. The summed E-state index contributed by atoms with van der Waals surface area (Å²) in [5.41, 5.74) is 9.89. The molecule has 0 atom stereocenters. The van der Waals surface area contributed by atoms with E-state index in [2.05, 4.69) is 157 Å². The Hall–Kier alpha value is -5.60. The molecule has 2 nitrogen and oxygen atoms in total. The molecule has 0 fully saturated rings. The summed E-state index contributed by atoms with van der Waals surface area (Å²) in [5, 5.41) is 4.72. The minimum Gasteiger partial charge on any atom is -0.456 e. The number of nitrogens with zero attached hydrogens (tertiary/aromatic N) is 1. The number of hydrogen-bond acceptors (Lipinski definition) is 2. The van der Waals surface area contributed by atoms with Crippen molar-refractivity contribution in [2.24, 2.45) is 0 Å². The maximum Gasteiger partial charge on any atom is 0.135 e. The van der Waals surface area contributed by atoms with Crippen molar-refractivity contribution >= 4 is 49.8 Å². The molecule has 0 radical (unpaired) electrons. The van der Waals surface area contributed by atoms with Crippen LogP contribution in [0, 0.1) is 0 Å². The molecule has 2 heteroatoms. The standard InChI is InChI=1S/C40H27NO/c1-2-9-28(10-3-1)30-17-21-34(22-18-30)41(36-23-19-29-11-4-5-12-31(29)25-36)35-14-8-13-32(26-35)33-20-24-40-38(27-33)37-15-6-7-16-39(37)42-40/h1-27H. The Kier molecular flexibility index (Phi) is 5.82. The van der Waals surface area contributed by atoms with Crippen LogP contribution in [0.2, 0.25) is 0 Å². The quantitative estimate of drug-likeness (QED) is 0.217. The van der Waals surface area contributed by atoms with Crippen LogP contribution in [-0.4, -0.2) is 0 Å². The Labute approximate surface area is 244 Å². The van der Waals surface area contributed by atoms with Crippen LogP contribution in [0.1, 0.15) is 0 Å². The summed E-state index contributed by atoms with van der Waals surface area (Å²) in [7, 11) is 0. The van der Waals surface area contributed by atoms with E-state index in [9.17, 15) is 0 Å². The van der Waals surface area contributed by atoms with E-state index in [1.807, 2.05) is 12.1 Å². The Balaban J connectivity index is 1.26. The van der Waals surface area contributed by atoms with Gasteiger partial charge >= 0.3 is 0 Å². The highest BCUT2D eigenvalue weighted by molar-refractivity contribution is 6.06. The normalized spacial score (nSPS) is 11.3. The van der Waals surface area contributed by atoms with E-state index in [1.54, 1.807) is 0 Å². The van der Waals surface area contributed by atoms with Crippen molar-refractivity contribution in [3.05, 3.63) is 164 Å². The lowest BCUT2D eigenvalue weighted by Crippen LogP contribution is -2.10. The van der Waals surface area contributed by atoms with Gasteiger partial charge in [0, 0.05) is 27.8 Å². The molecule has 0 aliphatic heterocycles. The fourth-order valence-corrected chi connectivity index (χ4v) is 5.93. The summed E-state index contributed by atoms with van der Waals surface area (Å²) < 4.78 is 6.09. The predicted octanol–water partition coefficient (Wildman–Crippen LogP) is 11.5. The lowest BCUT2D eigenvalue weighted by atomic mass is 10.0. The van der Waals surface area contributed by atoms with Crippen LogP contribution >= 0.6 is 0 Å². The zero-order valence-corrected chi connectivity index (χ0v) is 22.9. The smallest absolute Gasteiger partial charge is 0.135 e. The number of para-hydroxylation sites is 1. The Morgan fingerprint density at radius 2 is 0.952 bits per heavy atom. The van der Waals surface area contributed by atoms with Crippen LogP contribution in [0.25, 0.3) is 55.0 Å². The third kappa shape index (κ3) is 4.31. The Morgan fingerprint density at radius 3 is 1.83 bits per heavy atom. The fraction of sp³-hybridized carbons (Fsp3) is 0. The molecule has 198 valence electrons. The van der Waals surface area contributed by atoms with Gasteiger partial charge in [-0.1, -0.05) is 109 Å². The third-order valence-electron chi connectivity index (χ3n) is 8.04. The molecule has 0 saturated carbocycles. The lowest BCUT2D eigenvalue weighted by Gasteiger charge is -2.26. The van der Waals surface area contributed by atoms with E-state index < -0.39 is 0 Å². The van der Waals surface area contributed by atoms with Crippen molar-refractivity contribution in [3.8, 4) is 22.3 Å². The van der Waals surface area contributed by atoms with Gasteiger partial charge in [0.05, 0.1) is 0 Å². The second kappa shape index (κ2) is 10.1. The third-order valence-corrected chi connectivity index (χ3v) is 8.04. The maximum atomic E-state index is 6.09. The van der Waals surface area contributed by atoms with Gasteiger partial charge in [0.15, 0.2) is 0 Å². The summed E-state index contributed by atoms with van der Waals surface area (Å²) in [6, 6.07) is 58.1. The van der Waals surface area contributed by atoms with E-state index in [-0.39, 0.29) is 0 Å². The summed E-state index contributed by atoms with van der Waals surface area (Å²) in [4.78, 5) is 2.34. The van der Waals surface area contributed by atoms with Gasteiger partial charge in [-0.25, -0.2) is 0 Å². The molecule has 0 aliphatic rings. The lowest BCUT2D eigenvalue weighted by molar-refractivity contribution is 0.669. The number of benzene rings is 7. The first-order valence-electron chi connectivity index (χ1n) is 14.3. The molecule has 7 aromatic carbocycles. The summed E-state index contributed by atoms with van der Waals surface area (Å²) in [6.07, 6.45) is 0. The molecule has 1 heterocycles. The van der Waals surface area contributed by atoms with Gasteiger partial charge in [-0.2, -0.15) is 0 Å². The van der Waals surface area contributed by atoms with Crippen LogP contribution in [0.4, 0.5) is 17.1 Å². The average Bonchev–Trinajstić information content (AvgIpc) is 3.44. The van der Waals surface area contributed by atoms with E-state index >= 15 is 0 Å². The molecular weight excluding hydrogens is 510 g/mol. The highest BCUT2D eigenvalue weighted by Crippen LogP contribution is 2.39. The van der Waals surface area contributed by atoms with Crippen LogP contribution in [0.5, 0.6) is 0 Å². The highest BCUT2D eigenvalue weighted by Gasteiger charge is 2.15. The molecule has 0 N–H and O–H groups in total. The predicted molar refractivity (Wildman–Crippen MR) is 177 cm³/mol. The van der Waals surface area contributed by atoms with Gasteiger partial charge in [0.1, 0.15) is 11.2 Å². The van der Waals surface area contributed by atoms with Crippen molar-refractivity contribution in [2.75, 3.05) is 4.90 Å². The molecule has 0 aliphatic carbocycles. The maximum absolute atomic E-state index is 6.09. The van der Waals surface area contributed by atoms with Gasteiger partial charge in [-0.15, -0.1) is 0 Å². The number of hydrogen-bond donors (Lipinski definition) is 0. The molecule has 8 aromatic rings. The monoisotopic (exact) mass is 537 g/mol. The van der Waals surface area contributed by atoms with E-state index in [0.29, 0.717) is 0 Å². The summed E-state index contributed by atoms with van der Waals surface area (Å²) in [5.74, 6) is 0. The van der Waals surface area contributed by atoms with Crippen LogP contribution in [0.3, 0.4) is 0 Å². The van der Waals surface area contributed by atoms with E-state index in [0.717, 1.165) is 50.1 Å². The molecule has 0 unspecified atom stereocenters. The Morgan fingerprint density at radius 1 is 0.333 bits per heavy atom. The molecule has 1 aromatic heterocycles. The number of rotatable bonds is 5. The van der Waals surface area contributed by atoms with Gasteiger partial charge in [-0.3, -0.25) is 0 Å². The van der Waals surface area contributed by atoms with E-state index in [1.165, 1.54) is 21.9 Å². The highest BCUT2D eigenvalue weighted by atomic mass is 16.3. The van der Waals surface area contributed by atoms with Crippen molar-refractivity contribution < 1.29 is 4.42 Å². The molecule has 8 rings (SSSR count). The number of anilines is 3. The number of furan rings is 1. The molecule has 0 spiro atoms. The molecule has 0 amide bonds. The van der Waals surface area contributed by atoms with Gasteiger partial charge < -0.3 is 9.32 Å². The SMILES string of the molecule is c1ccc(-c2ccc(N(c3cccc(-c4ccc5oc6ccccc6c5c4)c3)c3ccc4ccccc4c3)cc2)cc1. The first-order valence-corrected chi connectivity index (χ1v) is 14.3. The van der Waals surface area contributed by atoms with E-state index in [4.69, 9.17) is 4.42 Å². The van der Waals surface area contributed by atoms with Crippen LogP contribution < -0.4 is 4.90 Å². The van der Waals surface area contributed by atoms with Gasteiger partial charge in [0.25, 0.3) is 0 Å². The van der Waals surface area contributed by atoms with Crippen LogP contribution in [0.15, 0.2) is 168 Å². The Bertz CT molecular complexity index is 2190. The molecule has 42 heavy (non-hydrogen) atoms. The first kappa shape index (κ1) is 24.2. The van der Waals surface area contributed by atoms with Crippen LogP contribution in [-0.2, 0) is 0 Å². The van der Waals surface area contributed by atoms with Gasteiger partial charge in [0.2, 0.25) is 0 Å². The van der Waals surface area contributed by atoms with Gasteiger partial charge in [-0.05, 0) is 87.6 Å². The topological polar surface area (TPSA) is 16.4 Å². The average molecular weight is 538 g/mol. The largest absolute Gasteiger partial charge is 0.456 e. The summed E-state index contributed by atoms with van der Waals surface area (Å²) >= 11 is 0. The second-order valence-electron chi connectivity index (χ2n) is 10.6. The second-order valence-corrected chi connectivity index (χ2v) is 10.6. The summed E-state index contributed by atoms with van der Waals surface area (Å²) in [6.45, 7) is 0. The number of fused-ring (bicyclic) bond motifs is 4. The zero-order valence-electron chi connectivity index (χ0n) is 22.9. The van der Waals surface area contributed by atoms with Crippen molar-refractivity contribution in [2.45, 2.75) is 0 Å². The first-order chi connectivity index (χ1) is 20.8. The fourth-order valence-electron chi connectivity index (χ4n) is 5.93. The van der Waals surface area contributed by atoms with Crippen molar-refractivity contribution in [1.82, 2.24) is 0 Å². The van der Waals surface area contributed by atoms with Crippen molar-refractivity contribution in [3.63, 3.8) is 0 Å². The molecule has 0 bridgehead atoms. The molecule has 0 saturated heterocycles.